The van der Waals surface area contributed by atoms with E-state index < -0.39 is 0 Å². The number of likely N-dealkylation sites (tertiary alicyclic amines) is 1. The summed E-state index contributed by atoms with van der Waals surface area (Å²) in [5.41, 5.74) is 3.82. The molecule has 1 saturated heterocycles. The van der Waals surface area contributed by atoms with Crippen LogP contribution >= 0.6 is 0 Å². The third kappa shape index (κ3) is 3.55. The maximum Gasteiger partial charge on any atom is 0.274 e. The standard InChI is InChI=1S/C19H24N4O/c1-13-7-9-23(10-8-13)19(24)17-11-21-18(12-20-17)22-16-6-4-5-14(2)15(16)3/h4-6,11-13H,7-10H2,1-3H3,(H,21,22). The Labute approximate surface area is 143 Å². The number of piperidine rings is 1. The molecule has 0 aliphatic carbocycles. The molecular weight excluding hydrogens is 300 g/mol. The summed E-state index contributed by atoms with van der Waals surface area (Å²) in [6.07, 6.45) is 5.31. The van der Waals surface area contributed by atoms with E-state index in [2.05, 4.69) is 42.1 Å². The summed E-state index contributed by atoms with van der Waals surface area (Å²) in [5.74, 6) is 1.32. The molecule has 24 heavy (non-hydrogen) atoms. The summed E-state index contributed by atoms with van der Waals surface area (Å²) in [6.45, 7) is 8.00. The summed E-state index contributed by atoms with van der Waals surface area (Å²) in [5, 5.41) is 3.27. The number of aryl methyl sites for hydroxylation is 1. The average molecular weight is 324 g/mol. The first-order valence-electron chi connectivity index (χ1n) is 8.49. The van der Waals surface area contributed by atoms with Crippen LogP contribution in [0, 0.1) is 19.8 Å². The highest BCUT2D eigenvalue weighted by Gasteiger charge is 2.22. The minimum absolute atomic E-state index is 0.0207. The maximum atomic E-state index is 12.5. The van der Waals surface area contributed by atoms with Crippen molar-refractivity contribution in [2.24, 2.45) is 5.92 Å². The second kappa shape index (κ2) is 6.99. The average Bonchev–Trinajstić information content (AvgIpc) is 2.60. The van der Waals surface area contributed by atoms with Crippen LogP contribution in [0.25, 0.3) is 0 Å². The molecule has 0 atom stereocenters. The van der Waals surface area contributed by atoms with Crippen molar-refractivity contribution in [2.45, 2.75) is 33.6 Å². The molecule has 0 radical (unpaired) electrons. The molecule has 3 rings (SSSR count). The van der Waals surface area contributed by atoms with Gasteiger partial charge in [-0.3, -0.25) is 4.79 Å². The number of benzene rings is 1. The molecule has 1 aliphatic heterocycles. The van der Waals surface area contributed by atoms with E-state index in [9.17, 15) is 4.79 Å². The number of aromatic nitrogens is 2. The number of anilines is 2. The van der Waals surface area contributed by atoms with Gasteiger partial charge in [0.25, 0.3) is 5.91 Å². The molecule has 5 nitrogen and oxygen atoms in total. The molecule has 1 fully saturated rings. The van der Waals surface area contributed by atoms with Crippen molar-refractivity contribution >= 4 is 17.4 Å². The van der Waals surface area contributed by atoms with E-state index in [-0.39, 0.29) is 5.91 Å². The van der Waals surface area contributed by atoms with E-state index in [0.29, 0.717) is 17.4 Å². The van der Waals surface area contributed by atoms with Crippen LogP contribution in [0.1, 0.15) is 41.4 Å². The van der Waals surface area contributed by atoms with Crippen molar-refractivity contribution < 1.29 is 4.79 Å². The Morgan fingerprint density at radius 1 is 1.17 bits per heavy atom. The predicted octanol–water partition coefficient (Wildman–Crippen LogP) is 3.71. The SMILES string of the molecule is Cc1cccc(Nc2cnc(C(=O)N3CCC(C)CC3)cn2)c1C. The van der Waals surface area contributed by atoms with Crippen molar-refractivity contribution in [2.75, 3.05) is 18.4 Å². The second-order valence-electron chi connectivity index (χ2n) is 6.63. The van der Waals surface area contributed by atoms with Crippen LogP contribution < -0.4 is 5.32 Å². The minimum atomic E-state index is -0.0207. The van der Waals surface area contributed by atoms with Gasteiger partial charge >= 0.3 is 0 Å². The van der Waals surface area contributed by atoms with Gasteiger partial charge < -0.3 is 10.2 Å². The zero-order valence-electron chi connectivity index (χ0n) is 14.5. The number of carbonyl (C=O) groups is 1. The number of hydrogen-bond donors (Lipinski definition) is 1. The summed E-state index contributed by atoms with van der Waals surface area (Å²) < 4.78 is 0. The van der Waals surface area contributed by atoms with E-state index in [1.165, 1.54) is 11.1 Å². The lowest BCUT2D eigenvalue weighted by Gasteiger charge is -2.29. The third-order valence-corrected chi connectivity index (χ3v) is 4.81. The van der Waals surface area contributed by atoms with Crippen LogP contribution in [0.5, 0.6) is 0 Å². The fraction of sp³-hybridized carbons (Fsp3) is 0.421. The first kappa shape index (κ1) is 16.4. The molecule has 0 bridgehead atoms. The molecule has 0 unspecified atom stereocenters. The second-order valence-corrected chi connectivity index (χ2v) is 6.63. The maximum absolute atomic E-state index is 12.5. The molecule has 1 N–H and O–H groups in total. The lowest BCUT2D eigenvalue weighted by molar-refractivity contribution is 0.0691. The predicted molar refractivity (Wildman–Crippen MR) is 95.5 cm³/mol. The van der Waals surface area contributed by atoms with Crippen LogP contribution in [0.4, 0.5) is 11.5 Å². The Hall–Kier alpha value is -2.43. The zero-order chi connectivity index (χ0) is 17.1. The van der Waals surface area contributed by atoms with Crippen molar-refractivity contribution in [1.82, 2.24) is 14.9 Å². The van der Waals surface area contributed by atoms with Crippen LogP contribution in [0.3, 0.4) is 0 Å². The van der Waals surface area contributed by atoms with Gasteiger partial charge in [0.2, 0.25) is 0 Å². The Kier molecular flexibility index (Phi) is 4.79. The van der Waals surface area contributed by atoms with Crippen molar-refractivity contribution in [1.29, 1.82) is 0 Å². The topological polar surface area (TPSA) is 58.1 Å². The van der Waals surface area contributed by atoms with Crippen molar-refractivity contribution in [3.8, 4) is 0 Å². The Morgan fingerprint density at radius 2 is 1.92 bits per heavy atom. The summed E-state index contributed by atoms with van der Waals surface area (Å²) in [6, 6.07) is 6.10. The summed E-state index contributed by atoms with van der Waals surface area (Å²) >= 11 is 0. The van der Waals surface area contributed by atoms with Crippen LogP contribution in [-0.4, -0.2) is 33.9 Å². The third-order valence-electron chi connectivity index (χ3n) is 4.81. The van der Waals surface area contributed by atoms with Crippen LogP contribution in [0.2, 0.25) is 0 Å². The molecule has 5 heteroatoms. The number of nitrogens with one attached hydrogen (secondary N) is 1. The Morgan fingerprint density at radius 3 is 2.58 bits per heavy atom. The first-order valence-corrected chi connectivity index (χ1v) is 8.49. The van der Waals surface area contributed by atoms with Gasteiger partial charge in [-0.15, -0.1) is 0 Å². The molecule has 0 spiro atoms. The number of rotatable bonds is 3. The van der Waals surface area contributed by atoms with Gasteiger partial charge in [-0.1, -0.05) is 19.1 Å². The molecule has 2 aromatic rings. The molecule has 1 aliphatic rings. The number of amides is 1. The minimum Gasteiger partial charge on any atom is -0.339 e. The lowest BCUT2D eigenvalue weighted by Crippen LogP contribution is -2.38. The monoisotopic (exact) mass is 324 g/mol. The Balaban J connectivity index is 1.69. The van der Waals surface area contributed by atoms with Crippen molar-refractivity contribution in [3.63, 3.8) is 0 Å². The Bertz CT molecular complexity index is 719. The summed E-state index contributed by atoms with van der Waals surface area (Å²) in [4.78, 5) is 23.0. The highest BCUT2D eigenvalue weighted by Crippen LogP contribution is 2.22. The largest absolute Gasteiger partial charge is 0.339 e. The molecule has 2 heterocycles. The van der Waals surface area contributed by atoms with Gasteiger partial charge in [-0.05, 0) is 49.8 Å². The van der Waals surface area contributed by atoms with E-state index in [0.717, 1.165) is 31.6 Å². The molecule has 1 aromatic carbocycles. The fourth-order valence-corrected chi connectivity index (χ4v) is 2.90. The molecular formula is C19H24N4O. The highest BCUT2D eigenvalue weighted by atomic mass is 16.2. The number of nitrogens with zero attached hydrogens (tertiary/aromatic N) is 3. The van der Waals surface area contributed by atoms with E-state index in [4.69, 9.17) is 0 Å². The van der Waals surface area contributed by atoms with E-state index >= 15 is 0 Å². The summed E-state index contributed by atoms with van der Waals surface area (Å²) in [7, 11) is 0. The van der Waals surface area contributed by atoms with Gasteiger partial charge in [0.1, 0.15) is 11.5 Å². The number of carbonyl (C=O) groups excluding carboxylic acids is 1. The highest BCUT2D eigenvalue weighted by molar-refractivity contribution is 5.92. The number of hydrogen-bond acceptors (Lipinski definition) is 4. The van der Waals surface area contributed by atoms with Gasteiger partial charge in [0.15, 0.2) is 0 Å². The molecule has 126 valence electrons. The van der Waals surface area contributed by atoms with Gasteiger partial charge in [0.05, 0.1) is 12.4 Å². The van der Waals surface area contributed by atoms with Gasteiger partial charge in [0, 0.05) is 18.8 Å². The van der Waals surface area contributed by atoms with Crippen molar-refractivity contribution in [3.05, 3.63) is 47.4 Å². The normalized spacial score (nSPS) is 15.4. The first-order chi connectivity index (χ1) is 11.5. The lowest BCUT2D eigenvalue weighted by atomic mass is 9.99. The van der Waals surface area contributed by atoms with E-state index in [1.54, 1.807) is 12.4 Å². The zero-order valence-corrected chi connectivity index (χ0v) is 14.5. The molecule has 0 saturated carbocycles. The van der Waals surface area contributed by atoms with Gasteiger partial charge in [-0.2, -0.15) is 0 Å². The van der Waals surface area contributed by atoms with Crippen LogP contribution in [-0.2, 0) is 0 Å². The smallest absolute Gasteiger partial charge is 0.274 e. The van der Waals surface area contributed by atoms with Crippen LogP contribution in [0.15, 0.2) is 30.6 Å². The molecule has 1 aromatic heterocycles. The molecule has 1 amide bonds. The fourth-order valence-electron chi connectivity index (χ4n) is 2.90. The van der Waals surface area contributed by atoms with E-state index in [1.807, 2.05) is 17.0 Å². The van der Waals surface area contributed by atoms with Gasteiger partial charge in [-0.25, -0.2) is 9.97 Å². The quantitative estimate of drug-likeness (QED) is 0.935.